The van der Waals surface area contributed by atoms with E-state index in [1.54, 1.807) is 134 Å². The number of pyridine rings is 5. The van der Waals surface area contributed by atoms with Crippen LogP contribution in [0.4, 0.5) is 51.2 Å². The molecule has 0 bridgehead atoms. The molecule has 674 valence electrons. The summed E-state index contributed by atoms with van der Waals surface area (Å²) in [5.74, 6) is -0.102. The molecule has 8 aliphatic rings. The predicted molar refractivity (Wildman–Crippen MR) is 521 cm³/mol. The van der Waals surface area contributed by atoms with E-state index in [0.717, 1.165) is 117 Å². The predicted octanol–water partition coefficient (Wildman–Crippen LogP) is 16.2. The van der Waals surface area contributed by atoms with Crippen LogP contribution in [0.15, 0.2) is 268 Å². The maximum Gasteiger partial charge on any atom is 0.262 e. The van der Waals surface area contributed by atoms with Gasteiger partial charge in [-0.1, -0.05) is 97.1 Å². The van der Waals surface area contributed by atoms with E-state index in [2.05, 4.69) is 98.3 Å². The fraction of sp³-hybridized carbons (Fsp3) is 0.224. The van der Waals surface area contributed by atoms with Gasteiger partial charge in [-0.2, -0.15) is 0 Å². The van der Waals surface area contributed by atoms with Gasteiger partial charge in [0.1, 0.15) is 0 Å². The van der Waals surface area contributed by atoms with Crippen LogP contribution in [0, 0.1) is 0 Å². The molecule has 34 heteroatoms. The molecule has 1 amide bonds. The maximum atomic E-state index is 13.2. The summed E-state index contributed by atoms with van der Waals surface area (Å²) >= 11 is 0. The number of likely N-dealkylation sites (N-methyl/N-ethyl adjacent to an activating group) is 3. The smallest absolute Gasteiger partial charge is 0.262 e. The lowest BCUT2D eigenvalue weighted by Crippen LogP contribution is -2.40. The van der Waals surface area contributed by atoms with Gasteiger partial charge in [-0.25, -0.2) is 42.1 Å². The number of piperidine rings is 1. The molecule has 3 fully saturated rings. The highest BCUT2D eigenvalue weighted by molar-refractivity contribution is 7.94. The normalized spacial score (nSPS) is 16.5. The number of hydrogen-bond donors (Lipinski definition) is 5. The van der Waals surface area contributed by atoms with Gasteiger partial charge in [0.2, 0.25) is 0 Å². The second-order valence-electron chi connectivity index (χ2n) is 33.4. The van der Waals surface area contributed by atoms with Crippen LogP contribution in [-0.2, 0) is 59.6 Å². The lowest BCUT2D eigenvalue weighted by atomic mass is 9.96. The Kier molecular flexibility index (Phi) is 23.7. The van der Waals surface area contributed by atoms with Crippen LogP contribution in [0.1, 0.15) is 42.5 Å². The first-order valence-electron chi connectivity index (χ1n) is 43.4. The van der Waals surface area contributed by atoms with Crippen molar-refractivity contribution in [3.8, 4) is 55.6 Å². The molecule has 0 saturated carbocycles. The summed E-state index contributed by atoms with van der Waals surface area (Å²) in [6.45, 7) is 9.25. The molecule has 0 radical (unpaired) electrons. The lowest BCUT2D eigenvalue weighted by Gasteiger charge is -2.32. The first kappa shape index (κ1) is 87.9. The van der Waals surface area contributed by atoms with Crippen LogP contribution in [0.2, 0.25) is 0 Å². The first-order chi connectivity index (χ1) is 63.8. The third-order valence-corrected chi connectivity index (χ3v) is 31.9. The van der Waals surface area contributed by atoms with Gasteiger partial charge in [0.15, 0.2) is 0 Å². The number of ether oxygens (including phenoxy) is 2. The number of sulfonamides is 5. The van der Waals surface area contributed by atoms with Crippen molar-refractivity contribution in [3.05, 3.63) is 249 Å². The van der Waals surface area contributed by atoms with Crippen LogP contribution < -0.4 is 43.2 Å². The van der Waals surface area contributed by atoms with Crippen molar-refractivity contribution < 1.29 is 56.4 Å². The van der Waals surface area contributed by atoms with Gasteiger partial charge in [0, 0.05) is 222 Å². The van der Waals surface area contributed by atoms with Gasteiger partial charge < -0.3 is 38.9 Å². The number of aromatic nitrogens is 5. The number of anilines is 9. The zero-order chi connectivity index (χ0) is 91.5. The summed E-state index contributed by atoms with van der Waals surface area (Å²) in [5.41, 5.74) is 18.3. The Balaban J connectivity index is 0.000000107. The Hall–Kier alpha value is -13.5. The molecule has 10 aromatic carbocycles. The van der Waals surface area contributed by atoms with Gasteiger partial charge in [-0.15, -0.1) is 0 Å². The molecule has 132 heavy (non-hydrogen) atoms. The van der Waals surface area contributed by atoms with E-state index in [1.807, 2.05) is 124 Å². The minimum absolute atomic E-state index is 0.102. The Labute approximate surface area is 765 Å². The number of rotatable bonds is 11. The van der Waals surface area contributed by atoms with Gasteiger partial charge >= 0.3 is 0 Å². The number of fused-ring (bicyclic) bond motifs is 25. The minimum Gasteiger partial charge on any atom is -0.383 e. The number of hydrogen-bond acceptors (Lipinski definition) is 23. The Morgan fingerprint density at radius 1 is 0.341 bits per heavy atom. The summed E-state index contributed by atoms with van der Waals surface area (Å²) in [7, 11) is -8.29. The monoisotopic (exact) mass is 1860 g/mol. The molecule has 13 heterocycles. The molecule has 8 aliphatic heterocycles. The molecule has 0 unspecified atom stereocenters. The zero-order valence-electron chi connectivity index (χ0n) is 72.9. The highest BCUT2D eigenvalue weighted by atomic mass is 32.2. The largest absolute Gasteiger partial charge is 0.383 e. The van der Waals surface area contributed by atoms with Crippen molar-refractivity contribution in [2.75, 3.05) is 157 Å². The van der Waals surface area contributed by atoms with E-state index in [-0.39, 0.29) is 15.7 Å². The topological polar surface area (TPSA) is 350 Å². The van der Waals surface area contributed by atoms with Crippen molar-refractivity contribution in [2.24, 2.45) is 0 Å². The number of nitrogens with zero attached hydrogens (tertiary/aromatic N) is 11. The summed E-state index contributed by atoms with van der Waals surface area (Å²) < 4.78 is 151. The zero-order valence-corrected chi connectivity index (χ0v) is 77.0. The van der Waals surface area contributed by atoms with E-state index in [4.69, 9.17) is 9.47 Å². The fourth-order valence-corrected chi connectivity index (χ4v) is 25.0. The quantitative estimate of drug-likeness (QED) is 0.0803. The third kappa shape index (κ3) is 16.5. The highest BCUT2D eigenvalue weighted by Gasteiger charge is 2.38. The molecule has 29 nitrogen and oxygen atoms in total. The van der Waals surface area contributed by atoms with Crippen molar-refractivity contribution in [2.45, 2.75) is 56.6 Å². The molecular formula is C98H94N16O13S5. The molecule has 0 atom stereocenters. The van der Waals surface area contributed by atoms with Crippen molar-refractivity contribution in [1.82, 2.24) is 34.7 Å². The summed E-state index contributed by atoms with van der Waals surface area (Å²) in [6.07, 6.45) is 14.4. The Morgan fingerprint density at radius 3 is 0.985 bits per heavy atom. The number of nitrogens with one attached hydrogen (secondary N) is 5. The summed E-state index contributed by atoms with van der Waals surface area (Å²) in [6, 6.07) is 64.4. The number of carbonyl (C=O) groups excluding carboxylic acids is 1. The molecule has 15 aromatic rings. The van der Waals surface area contributed by atoms with Crippen LogP contribution in [0.25, 0.3) is 110 Å². The number of methoxy groups -OCH3 is 1. The fourth-order valence-electron chi connectivity index (χ4n) is 18.5. The first-order valence-corrected chi connectivity index (χ1v) is 50.8. The maximum absolute atomic E-state index is 13.2. The van der Waals surface area contributed by atoms with Gasteiger partial charge in [0.05, 0.1) is 100 Å². The highest BCUT2D eigenvalue weighted by Crippen LogP contribution is 2.52. The molecular weight excluding hydrogens is 1770 g/mol. The van der Waals surface area contributed by atoms with Crippen LogP contribution >= 0.6 is 0 Å². The number of carbonyl (C=O) groups is 1. The number of amides is 1. The number of benzene rings is 10. The molecule has 5 aromatic heterocycles. The average molecular weight is 1860 g/mol. The average Bonchev–Trinajstić information content (AvgIpc) is 0.815. The van der Waals surface area contributed by atoms with E-state index in [9.17, 15) is 46.9 Å². The van der Waals surface area contributed by atoms with Crippen molar-refractivity contribution >= 4 is 162 Å². The molecule has 0 spiro atoms. The second-order valence-corrected chi connectivity index (χ2v) is 41.7. The molecule has 0 aliphatic carbocycles. The minimum atomic E-state index is -3.70. The van der Waals surface area contributed by atoms with E-state index < -0.39 is 50.1 Å². The summed E-state index contributed by atoms with van der Waals surface area (Å²) in [4.78, 5) is 50.1. The van der Waals surface area contributed by atoms with E-state index in [1.165, 1.54) is 32.1 Å². The van der Waals surface area contributed by atoms with Gasteiger partial charge in [-0.05, 0) is 161 Å². The second kappa shape index (κ2) is 35.7. The van der Waals surface area contributed by atoms with E-state index >= 15 is 0 Å². The molecule has 3 saturated heterocycles. The van der Waals surface area contributed by atoms with Crippen LogP contribution in [0.5, 0.6) is 0 Å². The van der Waals surface area contributed by atoms with Crippen molar-refractivity contribution in [1.29, 1.82) is 0 Å². The molecule has 23 rings (SSSR count). The van der Waals surface area contributed by atoms with Crippen LogP contribution in [-0.4, -0.2) is 197 Å². The number of morpholine rings is 1. The Morgan fingerprint density at radius 2 is 0.636 bits per heavy atom. The van der Waals surface area contributed by atoms with Crippen molar-refractivity contribution in [3.63, 3.8) is 0 Å². The van der Waals surface area contributed by atoms with Crippen LogP contribution in [0.3, 0.4) is 0 Å². The van der Waals surface area contributed by atoms with Gasteiger partial charge in [-0.3, -0.25) is 53.3 Å². The SMILES string of the molecule is CN(C)CCN(C)c1cc2c(c3ncccc13)NS(=O)(=O)c1ccccc1-2.COCCN(C)c1cc2c(c3ncccc13)NS(=O)(=O)c1ccccc1-2.O=C(c1cc2c(c3ncccc13)NS(=O)(=O)c1ccccc1-2)N1CCOCC1.O=S1(=O)Nc2c(cc(N3CCCC3)c3cccnc23)-c2ccccc21.O=S1(=O)Nc2c(cc(N3CCCCC3)c3cccnc23)-c2ccccc21. The third-order valence-electron chi connectivity index (χ3n) is 24.9. The Bertz CT molecular complexity index is 7770. The van der Waals surface area contributed by atoms with E-state index in [0.29, 0.717) is 143 Å². The lowest BCUT2D eigenvalue weighted by molar-refractivity contribution is 0.0304. The molecule has 5 N–H and O–H groups in total. The standard InChI is InChI=1S/C20H22N4O2S.C20H17N3O4S.C20H19N3O2S.C19H19N3O3S.C19H17N3O2S/c1-23(2)11-12-24(3)17-13-16-14-7-4-5-9-18(14)27(25,26)22-20(16)19-15(17)8-6-10-21-19;24-20(23-8-10-27-11-9-23)16-12-15-13-4-1-2-6-17(13)28(25,26)22-19(15)18-14(16)5-3-7-21-18;24-26(25)18-9-3-2-7-14(18)16-13-17(23-11-4-1-5-12-23)15-8-6-10-21-19(15)20(16)22-26;1-22(10-11-25-2)16-12-15-13-6-3-4-8-17(13)26(23,24)21-19(15)18-14(16)7-5-9-20-18;23-25(24)17-8-2-1-6-13(17)15-12-16(22-10-3-4-11-22)14-7-5-9-20-18(14)19(15)21-25/h4-10,13,22H,11-12H2,1-3H3;1-7,12,22H,8-11H2;2-3,6-10,13,22H,1,4-5,11-12H2;3-9,12,21H,10-11H2,1-2H3;1-2,5-9,12,21H,3-4,10-11H2. The summed E-state index contributed by atoms with van der Waals surface area (Å²) in [5, 5.41) is 4.44. The van der Waals surface area contributed by atoms with Gasteiger partial charge in [0.25, 0.3) is 56.0 Å².